The fourth-order valence-electron chi connectivity index (χ4n) is 2.42. The molecule has 1 aliphatic heterocycles. The molecule has 6 nitrogen and oxygen atoms in total. The molecule has 1 aromatic carbocycles. The summed E-state index contributed by atoms with van der Waals surface area (Å²) in [6.45, 7) is 9.38. The summed E-state index contributed by atoms with van der Waals surface area (Å²) in [6, 6.07) is 6.87. The van der Waals surface area contributed by atoms with E-state index in [1.165, 1.54) is 4.90 Å². The molecule has 0 aliphatic carbocycles. The second kappa shape index (κ2) is 9.24. The fraction of sp³-hybridized carbons (Fsp3) is 0.556. The normalized spacial score (nSPS) is 14.3. The van der Waals surface area contributed by atoms with Gasteiger partial charge in [-0.1, -0.05) is 31.8 Å². The first kappa shape index (κ1) is 19.8. The van der Waals surface area contributed by atoms with Crippen LogP contribution in [0, 0.1) is 0 Å². The van der Waals surface area contributed by atoms with Crippen molar-refractivity contribution in [2.75, 3.05) is 45.8 Å². The van der Waals surface area contributed by atoms with Crippen molar-refractivity contribution in [3.05, 3.63) is 35.4 Å². The molecule has 25 heavy (non-hydrogen) atoms. The standard InChI is InChI=1S/C18H27NO5Si/c1-25(2,3)14-24-13-12-23-11-10-22-9-8-19-17(20)15-6-4-5-7-16(15)18(19)21/h4-7H,8-14H2,1-3H3. The molecule has 2 amide bonds. The lowest BCUT2D eigenvalue weighted by atomic mass is 10.1. The van der Waals surface area contributed by atoms with Gasteiger partial charge in [-0.15, -0.1) is 0 Å². The van der Waals surface area contributed by atoms with Gasteiger partial charge in [-0.05, 0) is 12.1 Å². The van der Waals surface area contributed by atoms with Crippen LogP contribution in [0.2, 0.25) is 19.6 Å². The van der Waals surface area contributed by atoms with E-state index in [1.807, 2.05) is 0 Å². The average molecular weight is 366 g/mol. The smallest absolute Gasteiger partial charge is 0.261 e. The Morgan fingerprint density at radius 1 is 0.800 bits per heavy atom. The molecular weight excluding hydrogens is 338 g/mol. The number of carbonyl (C=O) groups excluding carboxylic acids is 2. The van der Waals surface area contributed by atoms with Crippen LogP contribution < -0.4 is 0 Å². The van der Waals surface area contributed by atoms with Crippen LogP contribution in [0.3, 0.4) is 0 Å². The van der Waals surface area contributed by atoms with Crippen LogP contribution in [0.5, 0.6) is 0 Å². The molecule has 0 N–H and O–H groups in total. The Kier molecular flexibility index (Phi) is 7.31. The van der Waals surface area contributed by atoms with Crippen molar-refractivity contribution in [2.24, 2.45) is 0 Å². The summed E-state index contributed by atoms with van der Waals surface area (Å²) in [5, 5.41) is 0. The van der Waals surface area contributed by atoms with E-state index in [0.717, 1.165) is 6.23 Å². The highest BCUT2D eigenvalue weighted by molar-refractivity contribution is 6.76. The van der Waals surface area contributed by atoms with Crippen molar-refractivity contribution in [3.63, 3.8) is 0 Å². The molecule has 0 atom stereocenters. The molecule has 138 valence electrons. The van der Waals surface area contributed by atoms with Crippen LogP contribution in [0.1, 0.15) is 20.7 Å². The van der Waals surface area contributed by atoms with Crippen molar-refractivity contribution in [2.45, 2.75) is 19.6 Å². The molecule has 0 aromatic heterocycles. The summed E-state index contributed by atoms with van der Waals surface area (Å²) in [4.78, 5) is 25.5. The van der Waals surface area contributed by atoms with E-state index in [9.17, 15) is 9.59 Å². The Hall–Kier alpha value is -1.54. The highest BCUT2D eigenvalue weighted by Crippen LogP contribution is 2.21. The monoisotopic (exact) mass is 365 g/mol. The first-order valence-electron chi connectivity index (χ1n) is 8.58. The fourth-order valence-corrected chi connectivity index (χ4v) is 3.17. The van der Waals surface area contributed by atoms with Gasteiger partial charge in [0.25, 0.3) is 11.8 Å². The summed E-state index contributed by atoms with van der Waals surface area (Å²) in [5.41, 5.74) is 0.934. The first-order valence-corrected chi connectivity index (χ1v) is 12.3. The Morgan fingerprint density at radius 3 is 1.80 bits per heavy atom. The van der Waals surface area contributed by atoms with Crippen LogP contribution in [0.25, 0.3) is 0 Å². The number of rotatable bonds is 11. The minimum atomic E-state index is -1.15. The number of nitrogens with zero attached hydrogens (tertiary/aromatic N) is 1. The van der Waals surface area contributed by atoms with Crippen LogP contribution >= 0.6 is 0 Å². The number of benzene rings is 1. The Labute approximate surface area is 150 Å². The van der Waals surface area contributed by atoms with Gasteiger partial charge in [-0.3, -0.25) is 14.5 Å². The number of fused-ring (bicyclic) bond motifs is 1. The number of hydrogen-bond donors (Lipinski definition) is 0. The number of amides is 2. The Morgan fingerprint density at radius 2 is 1.28 bits per heavy atom. The second-order valence-electron chi connectivity index (χ2n) is 7.15. The van der Waals surface area contributed by atoms with E-state index in [1.54, 1.807) is 24.3 Å². The minimum absolute atomic E-state index is 0.250. The number of imide groups is 1. The molecule has 1 heterocycles. The van der Waals surface area contributed by atoms with Gasteiger partial charge >= 0.3 is 0 Å². The first-order chi connectivity index (χ1) is 11.9. The molecule has 0 unspecified atom stereocenters. The molecular formula is C18H27NO5Si. The maximum absolute atomic E-state index is 12.2. The highest BCUT2D eigenvalue weighted by atomic mass is 28.3. The summed E-state index contributed by atoms with van der Waals surface area (Å²) in [5.74, 6) is -0.500. The SMILES string of the molecule is C[Si](C)(C)COCCOCCOCCN1C(=O)c2ccccc2C1=O. The third-order valence-corrected chi connectivity index (χ3v) is 4.69. The van der Waals surface area contributed by atoms with Gasteiger partial charge in [0.05, 0.1) is 58.8 Å². The molecule has 1 aromatic rings. The van der Waals surface area contributed by atoms with Crippen molar-refractivity contribution in [1.29, 1.82) is 0 Å². The Bertz CT molecular complexity index is 564. The van der Waals surface area contributed by atoms with E-state index in [2.05, 4.69) is 19.6 Å². The quantitative estimate of drug-likeness (QED) is 0.342. The molecule has 0 radical (unpaired) electrons. The van der Waals surface area contributed by atoms with Gasteiger partial charge in [0.2, 0.25) is 0 Å². The summed E-state index contributed by atoms with van der Waals surface area (Å²) in [6.07, 6.45) is 0.840. The van der Waals surface area contributed by atoms with Crippen LogP contribution in [-0.4, -0.2) is 70.6 Å². The van der Waals surface area contributed by atoms with Gasteiger partial charge < -0.3 is 14.2 Å². The van der Waals surface area contributed by atoms with Gasteiger partial charge in [0.1, 0.15) is 0 Å². The predicted molar refractivity (Wildman–Crippen MR) is 97.6 cm³/mol. The van der Waals surface area contributed by atoms with Gasteiger partial charge in [0.15, 0.2) is 0 Å². The second-order valence-corrected chi connectivity index (χ2v) is 12.6. The summed E-state index contributed by atoms with van der Waals surface area (Å²) < 4.78 is 16.4. The largest absolute Gasteiger partial charge is 0.382 e. The predicted octanol–water partition coefficient (Wildman–Crippen LogP) is 2.21. The van der Waals surface area contributed by atoms with E-state index < -0.39 is 8.07 Å². The minimum Gasteiger partial charge on any atom is -0.382 e. The third kappa shape index (κ3) is 6.04. The van der Waals surface area contributed by atoms with E-state index in [0.29, 0.717) is 44.2 Å². The van der Waals surface area contributed by atoms with Gasteiger partial charge in [0, 0.05) is 6.23 Å². The zero-order valence-electron chi connectivity index (χ0n) is 15.2. The zero-order valence-corrected chi connectivity index (χ0v) is 16.2. The molecule has 0 fully saturated rings. The highest BCUT2D eigenvalue weighted by Gasteiger charge is 2.34. The van der Waals surface area contributed by atoms with Crippen molar-refractivity contribution >= 4 is 19.9 Å². The Balaban J connectivity index is 1.53. The van der Waals surface area contributed by atoms with Crippen molar-refractivity contribution < 1.29 is 23.8 Å². The van der Waals surface area contributed by atoms with Gasteiger partial charge in [-0.2, -0.15) is 0 Å². The number of ether oxygens (including phenoxy) is 3. The van der Waals surface area contributed by atoms with Crippen molar-refractivity contribution in [3.8, 4) is 0 Å². The maximum Gasteiger partial charge on any atom is 0.261 e. The molecule has 0 bridgehead atoms. The summed E-state index contributed by atoms with van der Waals surface area (Å²) >= 11 is 0. The topological polar surface area (TPSA) is 65.1 Å². The molecule has 1 aliphatic rings. The number of carbonyl (C=O) groups is 2. The molecule has 0 saturated carbocycles. The lowest BCUT2D eigenvalue weighted by Gasteiger charge is -2.16. The van der Waals surface area contributed by atoms with Crippen LogP contribution in [0.4, 0.5) is 0 Å². The average Bonchev–Trinajstić information content (AvgIpc) is 2.80. The van der Waals surface area contributed by atoms with E-state index in [4.69, 9.17) is 14.2 Å². The van der Waals surface area contributed by atoms with Crippen molar-refractivity contribution in [1.82, 2.24) is 4.90 Å². The molecule has 0 saturated heterocycles. The molecule has 0 spiro atoms. The van der Waals surface area contributed by atoms with Crippen LogP contribution in [0.15, 0.2) is 24.3 Å². The van der Waals surface area contributed by atoms with Crippen LogP contribution in [-0.2, 0) is 14.2 Å². The lowest BCUT2D eigenvalue weighted by Crippen LogP contribution is -2.33. The molecule has 2 rings (SSSR count). The van der Waals surface area contributed by atoms with E-state index >= 15 is 0 Å². The number of hydrogen-bond acceptors (Lipinski definition) is 5. The van der Waals surface area contributed by atoms with E-state index in [-0.39, 0.29) is 18.4 Å². The maximum atomic E-state index is 12.2. The molecule has 7 heteroatoms. The lowest BCUT2D eigenvalue weighted by molar-refractivity contribution is 0.0168. The zero-order chi connectivity index (χ0) is 18.3. The van der Waals surface area contributed by atoms with Gasteiger partial charge in [-0.25, -0.2) is 0 Å². The third-order valence-electron chi connectivity index (χ3n) is 3.62. The summed E-state index contributed by atoms with van der Waals surface area (Å²) in [7, 11) is -1.15.